The van der Waals surface area contributed by atoms with E-state index in [0.29, 0.717) is 12.3 Å². The first-order chi connectivity index (χ1) is 7.68. The van der Waals surface area contributed by atoms with E-state index in [9.17, 15) is 4.79 Å². The van der Waals surface area contributed by atoms with Gasteiger partial charge in [-0.25, -0.2) is 0 Å². The molecular formula is C14H25NO. The molecular weight excluding hydrogens is 198 g/mol. The topological polar surface area (TPSA) is 20.3 Å². The van der Waals surface area contributed by atoms with Crippen LogP contribution in [0.3, 0.4) is 0 Å². The Labute approximate surface area is 99.4 Å². The summed E-state index contributed by atoms with van der Waals surface area (Å²) < 4.78 is 0. The summed E-state index contributed by atoms with van der Waals surface area (Å²) in [5, 5.41) is 0. The van der Waals surface area contributed by atoms with Crippen LogP contribution in [-0.4, -0.2) is 29.8 Å². The Balaban J connectivity index is 1.90. The minimum atomic E-state index is 0.199. The maximum atomic E-state index is 11.8. The number of ketones is 1. The fourth-order valence-corrected chi connectivity index (χ4v) is 3.31. The average Bonchev–Trinajstić information content (AvgIpc) is 2.85. The van der Waals surface area contributed by atoms with Gasteiger partial charge in [0.1, 0.15) is 5.78 Å². The van der Waals surface area contributed by atoms with Crippen molar-refractivity contribution in [3.05, 3.63) is 0 Å². The van der Waals surface area contributed by atoms with Gasteiger partial charge in [0.25, 0.3) is 0 Å². The third-order valence-corrected chi connectivity index (χ3v) is 4.36. The predicted octanol–water partition coefficient (Wildman–Crippen LogP) is 2.87. The van der Waals surface area contributed by atoms with Crippen molar-refractivity contribution in [3.8, 4) is 0 Å². The van der Waals surface area contributed by atoms with Crippen molar-refractivity contribution in [2.75, 3.05) is 13.1 Å². The molecule has 2 fully saturated rings. The lowest BCUT2D eigenvalue weighted by molar-refractivity contribution is -0.123. The molecule has 16 heavy (non-hydrogen) atoms. The van der Waals surface area contributed by atoms with Crippen LogP contribution in [0.1, 0.15) is 52.4 Å². The predicted molar refractivity (Wildman–Crippen MR) is 66.4 cm³/mol. The first-order valence-corrected chi connectivity index (χ1v) is 6.95. The van der Waals surface area contributed by atoms with Gasteiger partial charge >= 0.3 is 0 Å². The van der Waals surface area contributed by atoms with Crippen LogP contribution >= 0.6 is 0 Å². The summed E-state index contributed by atoms with van der Waals surface area (Å²) in [6.07, 6.45) is 8.25. The van der Waals surface area contributed by atoms with Crippen LogP contribution in [0.15, 0.2) is 0 Å². The molecule has 0 spiro atoms. The first kappa shape index (κ1) is 12.1. The largest absolute Gasteiger partial charge is 0.298 e. The van der Waals surface area contributed by atoms with E-state index in [1.54, 1.807) is 0 Å². The van der Waals surface area contributed by atoms with Crippen molar-refractivity contribution in [2.45, 2.75) is 58.4 Å². The SMILES string of the molecule is CC(C)C(=O)CN1CCCC1C1CCCC1. The minimum Gasteiger partial charge on any atom is -0.298 e. The molecule has 0 radical (unpaired) electrons. The number of likely N-dealkylation sites (tertiary alicyclic amines) is 1. The Morgan fingerprint density at radius 3 is 2.50 bits per heavy atom. The Hall–Kier alpha value is -0.370. The highest BCUT2D eigenvalue weighted by Gasteiger charge is 2.34. The van der Waals surface area contributed by atoms with E-state index in [2.05, 4.69) is 4.90 Å². The molecule has 2 aliphatic rings. The highest BCUT2D eigenvalue weighted by molar-refractivity contribution is 5.82. The van der Waals surface area contributed by atoms with Crippen molar-refractivity contribution >= 4 is 5.78 Å². The minimum absolute atomic E-state index is 0.199. The molecule has 92 valence electrons. The monoisotopic (exact) mass is 223 g/mol. The van der Waals surface area contributed by atoms with Gasteiger partial charge in [0.2, 0.25) is 0 Å². The van der Waals surface area contributed by atoms with Crippen LogP contribution in [0.2, 0.25) is 0 Å². The zero-order valence-electron chi connectivity index (χ0n) is 10.7. The van der Waals surface area contributed by atoms with Crippen molar-refractivity contribution < 1.29 is 4.79 Å². The van der Waals surface area contributed by atoms with E-state index < -0.39 is 0 Å². The number of Topliss-reactive ketones (excluding diaryl/α,β-unsaturated/α-hetero) is 1. The number of hydrogen-bond donors (Lipinski definition) is 0. The summed E-state index contributed by atoms with van der Waals surface area (Å²) in [6, 6.07) is 0.727. The van der Waals surface area contributed by atoms with E-state index in [4.69, 9.17) is 0 Å². The molecule has 1 atom stereocenters. The van der Waals surface area contributed by atoms with Crippen LogP contribution < -0.4 is 0 Å². The van der Waals surface area contributed by atoms with Gasteiger partial charge in [0, 0.05) is 12.0 Å². The van der Waals surface area contributed by atoms with Gasteiger partial charge in [-0.15, -0.1) is 0 Å². The van der Waals surface area contributed by atoms with Crippen molar-refractivity contribution in [2.24, 2.45) is 11.8 Å². The maximum absolute atomic E-state index is 11.8. The molecule has 1 saturated heterocycles. The van der Waals surface area contributed by atoms with E-state index in [1.165, 1.54) is 38.5 Å². The average molecular weight is 223 g/mol. The molecule has 0 N–H and O–H groups in total. The van der Waals surface area contributed by atoms with Gasteiger partial charge in [-0.3, -0.25) is 9.69 Å². The van der Waals surface area contributed by atoms with Gasteiger partial charge in [-0.1, -0.05) is 26.7 Å². The molecule has 0 aromatic rings. The molecule has 1 heterocycles. The molecule has 2 heteroatoms. The fraction of sp³-hybridized carbons (Fsp3) is 0.929. The van der Waals surface area contributed by atoms with Gasteiger partial charge in [-0.05, 0) is 38.1 Å². The standard InChI is InChI=1S/C14H25NO/c1-11(2)14(16)10-15-9-5-8-13(15)12-6-3-4-7-12/h11-13H,3-10H2,1-2H3. The molecule has 1 unspecified atom stereocenters. The lowest BCUT2D eigenvalue weighted by Gasteiger charge is -2.29. The van der Waals surface area contributed by atoms with Crippen molar-refractivity contribution in [1.82, 2.24) is 4.90 Å². The molecule has 2 nitrogen and oxygen atoms in total. The summed E-state index contributed by atoms with van der Waals surface area (Å²) in [5.41, 5.74) is 0. The quantitative estimate of drug-likeness (QED) is 0.730. The molecule has 0 amide bonds. The normalized spacial score (nSPS) is 28.1. The molecule has 0 bridgehead atoms. The van der Waals surface area contributed by atoms with Gasteiger partial charge in [0.15, 0.2) is 0 Å². The Bertz CT molecular complexity index is 243. The highest BCUT2D eigenvalue weighted by atomic mass is 16.1. The lowest BCUT2D eigenvalue weighted by atomic mass is 9.95. The molecule has 0 aromatic carbocycles. The van der Waals surface area contributed by atoms with E-state index in [0.717, 1.165) is 18.5 Å². The second-order valence-corrected chi connectivity index (χ2v) is 5.85. The first-order valence-electron chi connectivity index (χ1n) is 6.95. The number of rotatable bonds is 4. The Kier molecular flexibility index (Phi) is 4.01. The van der Waals surface area contributed by atoms with Crippen LogP contribution in [0.25, 0.3) is 0 Å². The number of carbonyl (C=O) groups is 1. The fourth-order valence-electron chi connectivity index (χ4n) is 3.31. The smallest absolute Gasteiger partial charge is 0.149 e. The van der Waals surface area contributed by atoms with Crippen LogP contribution in [0.4, 0.5) is 0 Å². The van der Waals surface area contributed by atoms with Crippen molar-refractivity contribution in [3.63, 3.8) is 0 Å². The van der Waals surface area contributed by atoms with Crippen LogP contribution in [-0.2, 0) is 4.79 Å². The summed E-state index contributed by atoms with van der Waals surface area (Å²) >= 11 is 0. The number of nitrogens with zero attached hydrogens (tertiary/aromatic N) is 1. The van der Waals surface area contributed by atoms with Gasteiger partial charge in [0.05, 0.1) is 6.54 Å². The third kappa shape index (κ3) is 2.65. The zero-order chi connectivity index (χ0) is 11.5. The van der Waals surface area contributed by atoms with Crippen molar-refractivity contribution in [1.29, 1.82) is 0 Å². The number of carbonyl (C=O) groups excluding carboxylic acids is 1. The van der Waals surface area contributed by atoms with E-state index >= 15 is 0 Å². The second kappa shape index (κ2) is 5.31. The molecule has 1 aliphatic heterocycles. The Morgan fingerprint density at radius 1 is 1.19 bits per heavy atom. The summed E-state index contributed by atoms with van der Waals surface area (Å²) in [4.78, 5) is 14.3. The molecule has 2 rings (SSSR count). The molecule has 1 aliphatic carbocycles. The van der Waals surface area contributed by atoms with Gasteiger partial charge in [-0.2, -0.15) is 0 Å². The molecule has 1 saturated carbocycles. The summed E-state index contributed by atoms with van der Waals surface area (Å²) in [6.45, 7) is 5.89. The van der Waals surface area contributed by atoms with E-state index in [-0.39, 0.29) is 5.92 Å². The maximum Gasteiger partial charge on any atom is 0.149 e. The highest BCUT2D eigenvalue weighted by Crippen LogP contribution is 2.35. The van der Waals surface area contributed by atoms with Crippen LogP contribution in [0.5, 0.6) is 0 Å². The number of hydrogen-bond acceptors (Lipinski definition) is 2. The zero-order valence-corrected chi connectivity index (χ0v) is 10.7. The third-order valence-electron chi connectivity index (χ3n) is 4.36. The van der Waals surface area contributed by atoms with Gasteiger partial charge < -0.3 is 0 Å². The second-order valence-electron chi connectivity index (χ2n) is 5.85. The summed E-state index contributed by atoms with van der Waals surface area (Å²) in [5.74, 6) is 1.51. The van der Waals surface area contributed by atoms with E-state index in [1.807, 2.05) is 13.8 Å². The van der Waals surface area contributed by atoms with Crippen LogP contribution in [0, 0.1) is 11.8 Å². The Morgan fingerprint density at radius 2 is 1.88 bits per heavy atom. The summed E-state index contributed by atoms with van der Waals surface area (Å²) in [7, 11) is 0. The lowest BCUT2D eigenvalue weighted by Crippen LogP contribution is -2.39. The molecule has 0 aromatic heterocycles.